The summed E-state index contributed by atoms with van der Waals surface area (Å²) in [6, 6.07) is 9.68. The molecule has 1 aromatic rings. The Labute approximate surface area is 75.9 Å². The molecule has 0 aliphatic heterocycles. The smallest absolute Gasteiger partial charge is 0.174 e. The van der Waals surface area contributed by atoms with Crippen molar-refractivity contribution in [2.45, 2.75) is 0 Å². The molecule has 58 valence electrons. The van der Waals surface area contributed by atoms with Gasteiger partial charge in [-0.1, -0.05) is 18.2 Å². The van der Waals surface area contributed by atoms with Crippen LogP contribution in [0, 0.1) is 0 Å². The fourth-order valence-corrected chi connectivity index (χ4v) is 0.944. The molecule has 0 saturated heterocycles. The predicted octanol–water partition coefficient (Wildman–Crippen LogP) is 2.79. The summed E-state index contributed by atoms with van der Waals surface area (Å²) in [6.07, 6.45) is 0. The average Bonchev–Trinajstić information content (AvgIpc) is 2.05. The van der Waals surface area contributed by atoms with E-state index >= 15 is 0 Å². The molecule has 11 heavy (non-hydrogen) atoms. The molecule has 0 aromatic heterocycles. The fraction of sp³-hybridized carbons (Fsp3) is 0.125. The molecule has 0 fully saturated rings. The molecule has 1 nitrogen and oxygen atoms in total. The van der Waals surface area contributed by atoms with Gasteiger partial charge in [-0.05, 0) is 0 Å². The molecular formula is C8H8Cl2N+. The van der Waals surface area contributed by atoms with E-state index < -0.39 is 0 Å². The van der Waals surface area contributed by atoms with Crippen LogP contribution in [0.2, 0.25) is 0 Å². The van der Waals surface area contributed by atoms with Crippen molar-refractivity contribution in [1.82, 2.24) is 0 Å². The van der Waals surface area contributed by atoms with Crippen molar-refractivity contribution < 1.29 is 4.58 Å². The third-order valence-electron chi connectivity index (χ3n) is 1.40. The van der Waals surface area contributed by atoms with Crippen LogP contribution < -0.4 is 0 Å². The molecule has 0 amide bonds. The largest absolute Gasteiger partial charge is 0.346 e. The fourth-order valence-electron chi connectivity index (χ4n) is 0.749. The van der Waals surface area contributed by atoms with E-state index in [0.29, 0.717) is 0 Å². The maximum Gasteiger partial charge on any atom is 0.346 e. The van der Waals surface area contributed by atoms with Crippen LogP contribution >= 0.6 is 23.2 Å². The first-order valence-corrected chi connectivity index (χ1v) is 3.94. The van der Waals surface area contributed by atoms with E-state index in [9.17, 15) is 0 Å². The first-order chi connectivity index (χ1) is 5.22. The minimum atomic E-state index is 0.246. The van der Waals surface area contributed by atoms with Gasteiger partial charge in [0, 0.05) is 35.3 Å². The van der Waals surface area contributed by atoms with Gasteiger partial charge in [0.2, 0.25) is 5.69 Å². The van der Waals surface area contributed by atoms with Gasteiger partial charge < -0.3 is 0 Å². The van der Waals surface area contributed by atoms with Gasteiger partial charge in [-0.3, -0.25) is 0 Å². The Kier molecular flexibility index (Phi) is 2.92. The van der Waals surface area contributed by atoms with Gasteiger partial charge in [0.25, 0.3) is 0 Å². The summed E-state index contributed by atoms with van der Waals surface area (Å²) in [7, 11) is 1.81. The quantitative estimate of drug-likeness (QED) is 0.472. The average molecular weight is 189 g/mol. The molecule has 0 aliphatic carbocycles. The molecule has 0 unspecified atom stereocenters. The van der Waals surface area contributed by atoms with Crippen molar-refractivity contribution in [3.8, 4) is 0 Å². The van der Waals surface area contributed by atoms with Crippen LogP contribution in [0.15, 0.2) is 30.3 Å². The zero-order chi connectivity index (χ0) is 8.27. The van der Waals surface area contributed by atoms with Gasteiger partial charge in [-0.25, -0.2) is 0 Å². The number of nitrogens with zero attached hydrogens (tertiary/aromatic N) is 1. The van der Waals surface area contributed by atoms with Crippen LogP contribution in [-0.4, -0.2) is 16.3 Å². The van der Waals surface area contributed by atoms with E-state index in [4.69, 9.17) is 23.2 Å². The summed E-state index contributed by atoms with van der Waals surface area (Å²) in [5.74, 6) is 0. The summed E-state index contributed by atoms with van der Waals surface area (Å²) >= 11 is 11.1. The second kappa shape index (κ2) is 3.74. The summed E-state index contributed by atoms with van der Waals surface area (Å²) in [6.45, 7) is 0. The van der Waals surface area contributed by atoms with Gasteiger partial charge in [-0.2, -0.15) is 4.58 Å². The van der Waals surface area contributed by atoms with Crippen molar-refractivity contribution in [3.05, 3.63) is 30.3 Å². The maximum absolute atomic E-state index is 5.57. The molecule has 1 aromatic carbocycles. The molecule has 0 radical (unpaired) electrons. The summed E-state index contributed by atoms with van der Waals surface area (Å²) in [5, 5.41) is 0. The van der Waals surface area contributed by atoms with E-state index in [0.717, 1.165) is 5.69 Å². The topological polar surface area (TPSA) is 3.01 Å². The van der Waals surface area contributed by atoms with Crippen molar-refractivity contribution in [2.24, 2.45) is 0 Å². The highest BCUT2D eigenvalue weighted by Crippen LogP contribution is 2.10. The number of hydrogen-bond donors (Lipinski definition) is 0. The van der Waals surface area contributed by atoms with Gasteiger partial charge in [0.05, 0.1) is 0 Å². The lowest BCUT2D eigenvalue weighted by Crippen LogP contribution is -2.00. The number of rotatable bonds is 1. The lowest BCUT2D eigenvalue weighted by molar-refractivity contribution is -0.399. The highest BCUT2D eigenvalue weighted by molar-refractivity contribution is 6.94. The molecule has 0 saturated carbocycles. The number of para-hydroxylation sites is 1. The van der Waals surface area contributed by atoms with Gasteiger partial charge >= 0.3 is 4.63 Å². The monoisotopic (exact) mass is 188 g/mol. The van der Waals surface area contributed by atoms with Crippen molar-refractivity contribution in [2.75, 3.05) is 7.05 Å². The normalized spacial score (nSPS) is 9.36. The molecule has 0 aliphatic rings. The number of benzene rings is 1. The van der Waals surface area contributed by atoms with Crippen LogP contribution in [0.3, 0.4) is 0 Å². The summed E-state index contributed by atoms with van der Waals surface area (Å²) < 4.78 is 1.94. The Balaban J connectivity index is 3.04. The Hall–Kier alpha value is -0.530. The third kappa shape index (κ3) is 2.21. The van der Waals surface area contributed by atoms with Crippen LogP contribution in [0.1, 0.15) is 0 Å². The van der Waals surface area contributed by atoms with Crippen LogP contribution in [0.4, 0.5) is 5.69 Å². The number of halogens is 2. The number of hydrogen-bond acceptors (Lipinski definition) is 0. The standard InChI is InChI=1S/C8H8Cl2N/c1-11(8(9)10)7-5-3-2-4-6-7/h2-6H,1H3/q+1. The first kappa shape index (κ1) is 8.57. The lowest BCUT2D eigenvalue weighted by atomic mass is 10.3. The van der Waals surface area contributed by atoms with Crippen LogP contribution in [0.25, 0.3) is 0 Å². The third-order valence-corrected chi connectivity index (χ3v) is 1.90. The Morgan fingerprint density at radius 3 is 2.18 bits per heavy atom. The van der Waals surface area contributed by atoms with E-state index in [1.165, 1.54) is 0 Å². The van der Waals surface area contributed by atoms with Crippen molar-refractivity contribution in [1.29, 1.82) is 0 Å². The Bertz CT molecular complexity index is 263. The molecular weight excluding hydrogens is 181 g/mol. The van der Waals surface area contributed by atoms with Crippen LogP contribution in [0.5, 0.6) is 0 Å². The molecule has 3 heteroatoms. The van der Waals surface area contributed by atoms with Gasteiger partial charge in [0.15, 0.2) is 0 Å². The second-order valence-electron chi connectivity index (χ2n) is 2.14. The minimum absolute atomic E-state index is 0.246. The van der Waals surface area contributed by atoms with Crippen LogP contribution in [-0.2, 0) is 0 Å². The first-order valence-electron chi connectivity index (χ1n) is 3.18. The highest BCUT2D eigenvalue weighted by Gasteiger charge is 2.05. The molecule has 0 heterocycles. The van der Waals surface area contributed by atoms with Gasteiger partial charge in [-0.15, -0.1) is 0 Å². The minimum Gasteiger partial charge on any atom is -0.174 e. The molecule has 1 rings (SSSR count). The highest BCUT2D eigenvalue weighted by atomic mass is 35.5. The van der Waals surface area contributed by atoms with Crippen molar-refractivity contribution >= 4 is 33.5 Å². The molecule has 0 atom stereocenters. The molecule has 0 bridgehead atoms. The van der Waals surface area contributed by atoms with E-state index in [-0.39, 0.29) is 4.63 Å². The lowest BCUT2D eigenvalue weighted by Gasteiger charge is -1.93. The summed E-state index contributed by atoms with van der Waals surface area (Å²) in [4.78, 5) is 0. The maximum atomic E-state index is 5.57. The zero-order valence-electron chi connectivity index (χ0n) is 6.09. The van der Waals surface area contributed by atoms with E-state index in [1.807, 2.05) is 37.4 Å². The van der Waals surface area contributed by atoms with E-state index in [2.05, 4.69) is 0 Å². The van der Waals surface area contributed by atoms with Crippen molar-refractivity contribution in [3.63, 3.8) is 0 Å². The second-order valence-corrected chi connectivity index (χ2v) is 3.04. The predicted molar refractivity (Wildman–Crippen MR) is 49.0 cm³/mol. The van der Waals surface area contributed by atoms with E-state index in [1.54, 1.807) is 4.58 Å². The Morgan fingerprint density at radius 2 is 1.73 bits per heavy atom. The SMILES string of the molecule is C[N+](=C(Cl)Cl)c1ccccc1. The summed E-state index contributed by atoms with van der Waals surface area (Å²) in [5.41, 5.74) is 0.979. The Morgan fingerprint density at radius 1 is 1.18 bits per heavy atom. The zero-order valence-corrected chi connectivity index (χ0v) is 7.60. The molecule has 0 N–H and O–H groups in total. The molecule has 0 spiro atoms. The van der Waals surface area contributed by atoms with Gasteiger partial charge in [0.1, 0.15) is 7.05 Å².